The molecular weight excluding hydrogens is 356 g/mol. The monoisotopic (exact) mass is 380 g/mol. The Hall–Kier alpha value is -3.06. The summed E-state index contributed by atoms with van der Waals surface area (Å²) in [7, 11) is 0. The molecule has 1 N–H and O–H groups in total. The van der Waals surface area contributed by atoms with Crippen molar-refractivity contribution in [3.05, 3.63) is 60.0 Å². The summed E-state index contributed by atoms with van der Waals surface area (Å²) < 4.78 is 10.4. The van der Waals surface area contributed by atoms with Crippen LogP contribution in [-0.4, -0.2) is 55.2 Å². The predicted molar refractivity (Wildman–Crippen MR) is 106 cm³/mol. The van der Waals surface area contributed by atoms with E-state index in [-0.39, 0.29) is 11.6 Å². The summed E-state index contributed by atoms with van der Waals surface area (Å²) >= 11 is 0. The van der Waals surface area contributed by atoms with Gasteiger partial charge in [-0.3, -0.25) is 9.69 Å². The molecule has 3 aromatic rings. The van der Waals surface area contributed by atoms with Gasteiger partial charge in [0.2, 0.25) is 5.76 Å². The van der Waals surface area contributed by atoms with E-state index in [9.17, 15) is 4.79 Å². The molecule has 1 aromatic carbocycles. The minimum atomic E-state index is -0.236. The van der Waals surface area contributed by atoms with Gasteiger partial charge >= 0.3 is 0 Å². The molecule has 0 saturated carbocycles. The summed E-state index contributed by atoms with van der Waals surface area (Å²) in [5, 5.41) is 6.73. The topological polar surface area (TPSA) is 74.8 Å². The third-order valence-corrected chi connectivity index (χ3v) is 4.99. The van der Waals surface area contributed by atoms with Gasteiger partial charge in [0.15, 0.2) is 11.5 Å². The van der Waals surface area contributed by atoms with E-state index in [0.717, 1.165) is 32.7 Å². The molecule has 7 heteroatoms. The van der Waals surface area contributed by atoms with Gasteiger partial charge in [-0.05, 0) is 31.2 Å². The van der Waals surface area contributed by atoms with E-state index in [1.807, 2.05) is 0 Å². The largest absolute Gasteiger partial charge is 0.461 e. The second kappa shape index (κ2) is 8.31. The number of anilines is 1. The van der Waals surface area contributed by atoms with Crippen molar-refractivity contribution < 1.29 is 13.7 Å². The lowest BCUT2D eigenvalue weighted by Gasteiger charge is -2.36. The van der Waals surface area contributed by atoms with E-state index in [2.05, 4.69) is 51.5 Å². The Bertz CT molecular complexity index is 894. The molecule has 2 aromatic heterocycles. The highest BCUT2D eigenvalue weighted by Crippen LogP contribution is 2.20. The molecule has 7 nitrogen and oxygen atoms in total. The van der Waals surface area contributed by atoms with Crippen molar-refractivity contribution in [2.24, 2.45) is 0 Å². The van der Waals surface area contributed by atoms with Crippen LogP contribution in [0.3, 0.4) is 0 Å². The molecule has 0 aliphatic carbocycles. The summed E-state index contributed by atoms with van der Waals surface area (Å²) in [6.07, 6.45) is 1.55. The zero-order chi connectivity index (χ0) is 19.3. The first-order chi connectivity index (χ1) is 13.7. The number of hydrogen-bond acceptors (Lipinski definition) is 6. The van der Waals surface area contributed by atoms with Crippen LogP contribution >= 0.6 is 0 Å². The van der Waals surface area contributed by atoms with Crippen molar-refractivity contribution in [1.29, 1.82) is 0 Å². The van der Waals surface area contributed by atoms with Gasteiger partial charge in [-0.1, -0.05) is 22.9 Å². The molecule has 3 heterocycles. The van der Waals surface area contributed by atoms with E-state index >= 15 is 0 Å². The van der Waals surface area contributed by atoms with Crippen molar-refractivity contribution in [2.75, 3.05) is 44.2 Å². The summed E-state index contributed by atoms with van der Waals surface area (Å²) in [6, 6.07) is 13.8. The number of aromatic nitrogens is 1. The Labute approximate surface area is 163 Å². The maximum absolute atomic E-state index is 12.2. The fraction of sp³-hybridized carbons (Fsp3) is 0.333. The lowest BCUT2D eigenvalue weighted by atomic mass is 10.2. The predicted octanol–water partition coefficient (Wildman–Crippen LogP) is 2.80. The number of piperazine rings is 1. The summed E-state index contributed by atoms with van der Waals surface area (Å²) in [5.41, 5.74) is 2.81. The minimum Gasteiger partial charge on any atom is -0.461 e. The number of nitrogens with one attached hydrogen (secondary N) is 1. The molecule has 0 unspecified atom stereocenters. The Morgan fingerprint density at radius 3 is 2.61 bits per heavy atom. The van der Waals surface area contributed by atoms with Gasteiger partial charge in [-0.2, -0.15) is 0 Å². The van der Waals surface area contributed by atoms with Gasteiger partial charge in [0.05, 0.1) is 6.26 Å². The van der Waals surface area contributed by atoms with Gasteiger partial charge < -0.3 is 19.2 Å². The Morgan fingerprint density at radius 2 is 1.89 bits per heavy atom. The first kappa shape index (κ1) is 18.3. The molecule has 1 aliphatic rings. The Balaban J connectivity index is 1.21. The van der Waals surface area contributed by atoms with Crippen LogP contribution in [0.4, 0.5) is 5.69 Å². The average Bonchev–Trinajstić information content (AvgIpc) is 3.41. The molecule has 1 saturated heterocycles. The van der Waals surface area contributed by atoms with Crippen LogP contribution in [0.25, 0.3) is 11.5 Å². The molecule has 1 amide bonds. The third-order valence-electron chi connectivity index (χ3n) is 4.99. The highest BCUT2D eigenvalue weighted by molar-refractivity contribution is 5.92. The summed E-state index contributed by atoms with van der Waals surface area (Å²) in [5.74, 6) is 0.764. The summed E-state index contributed by atoms with van der Waals surface area (Å²) in [6.45, 7) is 7.45. The highest BCUT2D eigenvalue weighted by Gasteiger charge is 2.18. The molecule has 0 radical (unpaired) electrons. The Kier molecular flexibility index (Phi) is 5.43. The molecule has 0 bridgehead atoms. The number of rotatable bonds is 6. The van der Waals surface area contributed by atoms with Crippen LogP contribution in [0.15, 0.2) is 57.7 Å². The third kappa shape index (κ3) is 4.26. The van der Waals surface area contributed by atoms with E-state index in [0.29, 0.717) is 18.1 Å². The van der Waals surface area contributed by atoms with Crippen molar-refractivity contribution in [2.45, 2.75) is 6.92 Å². The lowest BCUT2D eigenvalue weighted by Crippen LogP contribution is -2.48. The van der Waals surface area contributed by atoms with E-state index in [4.69, 9.17) is 8.94 Å². The smallest absolute Gasteiger partial charge is 0.273 e. The van der Waals surface area contributed by atoms with Gasteiger partial charge in [0, 0.05) is 51.0 Å². The molecule has 0 spiro atoms. The normalized spacial score (nSPS) is 15.0. The second-order valence-electron chi connectivity index (χ2n) is 6.97. The highest BCUT2D eigenvalue weighted by atomic mass is 16.5. The maximum Gasteiger partial charge on any atom is 0.273 e. The zero-order valence-electron chi connectivity index (χ0n) is 15.9. The van der Waals surface area contributed by atoms with Crippen molar-refractivity contribution in [3.8, 4) is 11.5 Å². The number of aryl methyl sites for hydroxylation is 1. The lowest BCUT2D eigenvalue weighted by molar-refractivity contribution is 0.0939. The van der Waals surface area contributed by atoms with E-state index in [1.54, 1.807) is 24.5 Å². The molecule has 146 valence electrons. The van der Waals surface area contributed by atoms with Crippen molar-refractivity contribution in [3.63, 3.8) is 0 Å². The molecule has 1 fully saturated rings. The first-order valence-electron chi connectivity index (χ1n) is 9.52. The first-order valence-corrected chi connectivity index (χ1v) is 9.52. The number of benzene rings is 1. The number of nitrogens with zero attached hydrogens (tertiary/aromatic N) is 3. The zero-order valence-corrected chi connectivity index (χ0v) is 15.9. The van der Waals surface area contributed by atoms with Crippen LogP contribution < -0.4 is 10.2 Å². The van der Waals surface area contributed by atoms with E-state index < -0.39 is 0 Å². The van der Waals surface area contributed by atoms with Crippen LogP contribution in [0.1, 0.15) is 16.1 Å². The maximum atomic E-state index is 12.2. The van der Waals surface area contributed by atoms with Crippen LogP contribution in [0, 0.1) is 6.92 Å². The van der Waals surface area contributed by atoms with Crippen LogP contribution in [0.5, 0.6) is 0 Å². The van der Waals surface area contributed by atoms with Crippen LogP contribution in [0.2, 0.25) is 0 Å². The number of amides is 1. The molecule has 28 heavy (non-hydrogen) atoms. The van der Waals surface area contributed by atoms with Crippen molar-refractivity contribution >= 4 is 11.6 Å². The fourth-order valence-corrected chi connectivity index (χ4v) is 3.32. The minimum absolute atomic E-state index is 0.236. The molecule has 0 atom stereocenters. The number of hydrogen-bond donors (Lipinski definition) is 1. The van der Waals surface area contributed by atoms with E-state index in [1.165, 1.54) is 11.3 Å². The molecular formula is C21H24N4O3. The number of carbonyl (C=O) groups is 1. The Morgan fingerprint density at radius 1 is 1.11 bits per heavy atom. The van der Waals surface area contributed by atoms with Gasteiger partial charge in [0.1, 0.15) is 0 Å². The van der Waals surface area contributed by atoms with Gasteiger partial charge in [-0.15, -0.1) is 0 Å². The molecule has 1 aliphatic heterocycles. The van der Waals surface area contributed by atoms with Crippen molar-refractivity contribution in [1.82, 2.24) is 15.4 Å². The summed E-state index contributed by atoms with van der Waals surface area (Å²) in [4.78, 5) is 17.0. The number of carbonyl (C=O) groups excluding carboxylic acids is 1. The standard InChI is InChI=1S/C21H24N4O3/c1-16-4-6-17(7-5-16)25-12-10-24(11-13-25)9-8-22-21(26)18-15-20(28-23-18)19-3-2-14-27-19/h2-7,14-15H,8-13H2,1H3,(H,22,26). The number of furan rings is 1. The SMILES string of the molecule is Cc1ccc(N2CCN(CCNC(=O)c3cc(-c4ccco4)on3)CC2)cc1. The van der Waals surface area contributed by atoms with Gasteiger partial charge in [-0.25, -0.2) is 0 Å². The quantitative estimate of drug-likeness (QED) is 0.709. The molecule has 4 rings (SSSR count). The second-order valence-corrected chi connectivity index (χ2v) is 6.97. The average molecular weight is 380 g/mol. The fourth-order valence-electron chi connectivity index (χ4n) is 3.32. The van der Waals surface area contributed by atoms with Crippen LogP contribution in [-0.2, 0) is 0 Å². The van der Waals surface area contributed by atoms with Gasteiger partial charge in [0.25, 0.3) is 5.91 Å².